The summed E-state index contributed by atoms with van der Waals surface area (Å²) in [6.07, 6.45) is 12.6. The summed E-state index contributed by atoms with van der Waals surface area (Å²) < 4.78 is 5.10. The zero-order valence-electron chi connectivity index (χ0n) is 15.1. The van der Waals surface area contributed by atoms with Gasteiger partial charge in [-0.2, -0.15) is 0 Å². The SMILES string of the molecule is C=CCCCCCCC(O)C(=O)OC/C=C(\C)CCC=C(C)C. The van der Waals surface area contributed by atoms with E-state index >= 15 is 0 Å². The minimum absolute atomic E-state index is 0.246. The molecule has 0 fully saturated rings. The third-order valence-corrected chi connectivity index (χ3v) is 3.66. The molecule has 0 saturated heterocycles. The number of carbonyl (C=O) groups excluding carboxylic acids is 1. The Kier molecular flexibility index (Phi) is 13.4. The first-order valence-corrected chi connectivity index (χ1v) is 8.72. The Morgan fingerprint density at radius 1 is 1.09 bits per heavy atom. The number of rotatable bonds is 13. The van der Waals surface area contributed by atoms with Crippen molar-refractivity contribution in [3.8, 4) is 0 Å². The molecule has 0 aromatic rings. The highest BCUT2D eigenvalue weighted by molar-refractivity contribution is 5.74. The molecule has 3 nitrogen and oxygen atoms in total. The van der Waals surface area contributed by atoms with Gasteiger partial charge in [0, 0.05) is 0 Å². The molecule has 3 heteroatoms. The highest BCUT2D eigenvalue weighted by Crippen LogP contribution is 2.09. The van der Waals surface area contributed by atoms with Gasteiger partial charge in [0.1, 0.15) is 6.61 Å². The van der Waals surface area contributed by atoms with Crippen LogP contribution in [0.2, 0.25) is 0 Å². The fourth-order valence-corrected chi connectivity index (χ4v) is 2.15. The van der Waals surface area contributed by atoms with Crippen LogP contribution < -0.4 is 0 Å². The van der Waals surface area contributed by atoms with Gasteiger partial charge in [-0.25, -0.2) is 4.79 Å². The smallest absolute Gasteiger partial charge is 0.335 e. The molecular weight excluding hydrogens is 288 g/mol. The molecule has 0 aliphatic rings. The van der Waals surface area contributed by atoms with E-state index in [1.807, 2.05) is 19.1 Å². The Labute approximate surface area is 142 Å². The van der Waals surface area contributed by atoms with Crippen molar-refractivity contribution in [1.82, 2.24) is 0 Å². The molecule has 1 atom stereocenters. The number of hydrogen-bond donors (Lipinski definition) is 1. The molecule has 0 spiro atoms. The van der Waals surface area contributed by atoms with E-state index in [0.717, 1.165) is 44.9 Å². The lowest BCUT2D eigenvalue weighted by Gasteiger charge is -2.09. The Morgan fingerprint density at radius 3 is 2.43 bits per heavy atom. The highest BCUT2D eigenvalue weighted by Gasteiger charge is 2.15. The first-order valence-electron chi connectivity index (χ1n) is 8.72. The highest BCUT2D eigenvalue weighted by atomic mass is 16.5. The predicted molar refractivity (Wildman–Crippen MR) is 97.3 cm³/mol. The summed E-state index contributed by atoms with van der Waals surface area (Å²) in [6, 6.07) is 0. The molecule has 0 bridgehead atoms. The van der Waals surface area contributed by atoms with Crippen molar-refractivity contribution in [1.29, 1.82) is 0 Å². The summed E-state index contributed by atoms with van der Waals surface area (Å²) in [5.41, 5.74) is 2.52. The molecule has 0 saturated carbocycles. The zero-order chi connectivity index (χ0) is 17.5. The molecule has 132 valence electrons. The lowest BCUT2D eigenvalue weighted by molar-refractivity contribution is -0.152. The van der Waals surface area contributed by atoms with E-state index in [0.29, 0.717) is 6.42 Å². The minimum atomic E-state index is -0.992. The molecule has 0 heterocycles. The van der Waals surface area contributed by atoms with Crippen LogP contribution >= 0.6 is 0 Å². The van der Waals surface area contributed by atoms with Crippen molar-refractivity contribution in [2.24, 2.45) is 0 Å². The third kappa shape index (κ3) is 14.0. The van der Waals surface area contributed by atoms with Crippen LogP contribution in [0.4, 0.5) is 0 Å². The van der Waals surface area contributed by atoms with Crippen LogP contribution in [0.25, 0.3) is 0 Å². The van der Waals surface area contributed by atoms with Gasteiger partial charge in [-0.05, 0) is 59.0 Å². The van der Waals surface area contributed by atoms with Gasteiger partial charge < -0.3 is 9.84 Å². The molecule has 23 heavy (non-hydrogen) atoms. The van der Waals surface area contributed by atoms with Crippen LogP contribution in [0.1, 0.15) is 72.1 Å². The first-order chi connectivity index (χ1) is 11.0. The summed E-state index contributed by atoms with van der Waals surface area (Å²) in [7, 11) is 0. The van der Waals surface area contributed by atoms with E-state index in [2.05, 4.69) is 26.5 Å². The van der Waals surface area contributed by atoms with Gasteiger partial charge in [0.2, 0.25) is 0 Å². The van der Waals surface area contributed by atoms with E-state index in [9.17, 15) is 9.90 Å². The van der Waals surface area contributed by atoms with Gasteiger partial charge in [-0.3, -0.25) is 0 Å². The van der Waals surface area contributed by atoms with E-state index < -0.39 is 12.1 Å². The molecule has 1 N–H and O–H groups in total. The van der Waals surface area contributed by atoms with Crippen molar-refractivity contribution in [3.05, 3.63) is 36.0 Å². The fraction of sp³-hybridized carbons (Fsp3) is 0.650. The molecule has 0 aromatic heterocycles. The molecule has 0 amide bonds. The summed E-state index contributed by atoms with van der Waals surface area (Å²) in [6.45, 7) is 10.1. The normalized spacial score (nSPS) is 12.6. The standard InChI is InChI=1S/C20H34O3/c1-5-6-7-8-9-10-14-19(21)20(22)23-16-15-18(4)13-11-12-17(2)3/h5,12,15,19,21H,1,6-11,13-14,16H2,2-4H3/b18-15+. The van der Waals surface area contributed by atoms with Gasteiger partial charge >= 0.3 is 5.97 Å². The van der Waals surface area contributed by atoms with Gasteiger partial charge in [0.25, 0.3) is 0 Å². The van der Waals surface area contributed by atoms with E-state index in [1.165, 1.54) is 11.1 Å². The fourth-order valence-electron chi connectivity index (χ4n) is 2.15. The summed E-state index contributed by atoms with van der Waals surface area (Å²) >= 11 is 0. The number of carbonyl (C=O) groups is 1. The Morgan fingerprint density at radius 2 is 1.78 bits per heavy atom. The average Bonchev–Trinajstić information content (AvgIpc) is 2.50. The minimum Gasteiger partial charge on any atom is -0.460 e. The monoisotopic (exact) mass is 322 g/mol. The van der Waals surface area contributed by atoms with Crippen molar-refractivity contribution >= 4 is 5.97 Å². The molecule has 0 aliphatic heterocycles. The number of aliphatic hydroxyl groups is 1. The Bertz CT molecular complexity index is 390. The molecule has 0 rings (SSSR count). The van der Waals surface area contributed by atoms with Crippen LogP contribution in [0.15, 0.2) is 36.0 Å². The average molecular weight is 322 g/mol. The molecule has 1 unspecified atom stereocenters. The summed E-state index contributed by atoms with van der Waals surface area (Å²) in [4.78, 5) is 11.7. The second kappa shape index (κ2) is 14.3. The molecule has 0 aliphatic carbocycles. The van der Waals surface area contributed by atoms with Crippen LogP contribution in [0, 0.1) is 0 Å². The van der Waals surface area contributed by atoms with E-state index in [-0.39, 0.29) is 6.61 Å². The number of ether oxygens (including phenoxy) is 1. The number of unbranched alkanes of at least 4 members (excludes halogenated alkanes) is 4. The van der Waals surface area contributed by atoms with Crippen LogP contribution in [-0.4, -0.2) is 23.8 Å². The van der Waals surface area contributed by atoms with Crippen LogP contribution in [0.3, 0.4) is 0 Å². The predicted octanol–water partition coefficient (Wildman–Crippen LogP) is 5.11. The quantitative estimate of drug-likeness (QED) is 0.291. The largest absolute Gasteiger partial charge is 0.460 e. The maximum Gasteiger partial charge on any atom is 0.335 e. The summed E-state index contributed by atoms with van der Waals surface area (Å²) in [5.74, 6) is -0.510. The van der Waals surface area contributed by atoms with Gasteiger partial charge in [0.05, 0.1) is 0 Å². The molecule has 0 radical (unpaired) electrons. The lowest BCUT2D eigenvalue weighted by Crippen LogP contribution is -2.23. The Balaban J connectivity index is 3.78. The van der Waals surface area contributed by atoms with Crippen molar-refractivity contribution in [2.45, 2.75) is 78.2 Å². The van der Waals surface area contributed by atoms with Crippen molar-refractivity contribution in [2.75, 3.05) is 6.61 Å². The molecule has 0 aromatic carbocycles. The van der Waals surface area contributed by atoms with Crippen molar-refractivity contribution < 1.29 is 14.6 Å². The van der Waals surface area contributed by atoms with E-state index in [4.69, 9.17) is 4.74 Å². The van der Waals surface area contributed by atoms with Crippen LogP contribution in [0.5, 0.6) is 0 Å². The number of allylic oxidation sites excluding steroid dienone is 4. The second-order valence-electron chi connectivity index (χ2n) is 6.30. The number of hydrogen-bond acceptors (Lipinski definition) is 3. The van der Waals surface area contributed by atoms with Gasteiger partial charge in [0.15, 0.2) is 6.10 Å². The first kappa shape index (κ1) is 21.6. The zero-order valence-corrected chi connectivity index (χ0v) is 15.1. The van der Waals surface area contributed by atoms with Gasteiger partial charge in [-0.15, -0.1) is 6.58 Å². The molecular formula is C20H34O3. The maximum absolute atomic E-state index is 11.7. The van der Waals surface area contributed by atoms with Crippen molar-refractivity contribution in [3.63, 3.8) is 0 Å². The Hall–Kier alpha value is -1.35. The van der Waals surface area contributed by atoms with Crippen LogP contribution in [-0.2, 0) is 9.53 Å². The van der Waals surface area contributed by atoms with E-state index in [1.54, 1.807) is 0 Å². The maximum atomic E-state index is 11.7. The topological polar surface area (TPSA) is 46.5 Å². The third-order valence-electron chi connectivity index (χ3n) is 3.66. The number of esters is 1. The summed E-state index contributed by atoms with van der Waals surface area (Å²) in [5, 5.41) is 9.77. The second-order valence-corrected chi connectivity index (χ2v) is 6.30. The lowest BCUT2D eigenvalue weighted by atomic mass is 10.1. The number of aliphatic hydroxyl groups excluding tert-OH is 1. The van der Waals surface area contributed by atoms with Gasteiger partial charge in [-0.1, -0.05) is 42.6 Å².